The Morgan fingerprint density at radius 2 is 2.12 bits per heavy atom. The lowest BCUT2D eigenvalue weighted by Crippen LogP contribution is -2.19. The minimum absolute atomic E-state index is 0.155. The maximum Gasteiger partial charge on any atom is 0.325 e. The summed E-state index contributed by atoms with van der Waals surface area (Å²) < 4.78 is 0. The first-order valence-corrected chi connectivity index (χ1v) is 9.07. The highest BCUT2D eigenvalue weighted by Gasteiger charge is 2.22. The lowest BCUT2D eigenvalue weighted by molar-refractivity contribution is 0.262. The van der Waals surface area contributed by atoms with Crippen molar-refractivity contribution in [3.63, 3.8) is 0 Å². The number of nitrogens with zero attached hydrogens (tertiary/aromatic N) is 1. The van der Waals surface area contributed by atoms with Crippen LogP contribution in [-0.4, -0.2) is 16.0 Å². The van der Waals surface area contributed by atoms with Crippen LogP contribution < -0.4 is 16.2 Å². The van der Waals surface area contributed by atoms with Crippen LogP contribution in [0.2, 0.25) is 0 Å². The molecule has 1 aromatic carbocycles. The number of nitrogens with one attached hydrogen (secondary N) is 3. The minimum Gasteiger partial charge on any atom is -0.322 e. The average Bonchev–Trinajstić information content (AvgIpc) is 2.92. The monoisotopic (exact) mass is 354 g/mol. The summed E-state index contributed by atoms with van der Waals surface area (Å²) >= 11 is 1.53. The number of carbonyl (C=O) groups is 1. The summed E-state index contributed by atoms with van der Waals surface area (Å²) in [5.41, 5.74) is 2.06. The molecule has 1 aliphatic carbocycles. The van der Waals surface area contributed by atoms with Gasteiger partial charge in [-0.15, -0.1) is 11.3 Å². The Hall–Kier alpha value is -2.67. The topological polar surface area (TPSA) is 86.9 Å². The molecule has 1 saturated carbocycles. The fourth-order valence-corrected chi connectivity index (χ4v) is 3.98. The molecule has 2 heterocycles. The molecule has 3 aromatic rings. The molecule has 7 heteroatoms. The minimum atomic E-state index is -0.344. The number of anilines is 2. The SMILES string of the molecule is Cc1cc(=O)[nH]c2cc(NC(=O)Nc3ncc(C4CCC4)s3)ccc12. The standard InChI is InChI=1S/C18H18N4O2S/c1-10-7-16(23)21-14-8-12(5-6-13(10)14)20-17(24)22-18-19-9-15(25-18)11-3-2-4-11/h5-9,11H,2-4H2,1H3,(H,21,23)(H2,19,20,22,24). The van der Waals surface area contributed by atoms with E-state index >= 15 is 0 Å². The van der Waals surface area contributed by atoms with Gasteiger partial charge in [0.05, 0.1) is 5.52 Å². The number of carbonyl (C=O) groups excluding carboxylic acids is 1. The zero-order valence-electron chi connectivity index (χ0n) is 13.8. The van der Waals surface area contributed by atoms with E-state index in [1.807, 2.05) is 25.3 Å². The maximum atomic E-state index is 12.2. The second-order valence-corrected chi connectivity index (χ2v) is 7.41. The summed E-state index contributed by atoms with van der Waals surface area (Å²) in [6.07, 6.45) is 5.55. The number of H-pyrrole nitrogens is 1. The summed E-state index contributed by atoms with van der Waals surface area (Å²) in [6.45, 7) is 1.89. The van der Waals surface area contributed by atoms with Crippen molar-refractivity contribution in [3.05, 3.63) is 51.3 Å². The van der Waals surface area contributed by atoms with Gasteiger partial charge in [-0.1, -0.05) is 12.5 Å². The van der Waals surface area contributed by atoms with Gasteiger partial charge >= 0.3 is 6.03 Å². The Bertz CT molecular complexity index is 1000. The van der Waals surface area contributed by atoms with Crippen molar-refractivity contribution in [2.24, 2.45) is 0 Å². The van der Waals surface area contributed by atoms with Gasteiger partial charge in [0.1, 0.15) is 0 Å². The first kappa shape index (κ1) is 15.8. The fourth-order valence-electron chi connectivity index (χ4n) is 3.00. The molecule has 4 rings (SSSR count). The predicted octanol–water partition coefficient (Wildman–Crippen LogP) is 4.20. The van der Waals surface area contributed by atoms with E-state index in [4.69, 9.17) is 0 Å². The molecule has 0 spiro atoms. The Morgan fingerprint density at radius 1 is 1.28 bits per heavy atom. The molecule has 0 aliphatic heterocycles. The maximum absolute atomic E-state index is 12.2. The van der Waals surface area contributed by atoms with Crippen LogP contribution in [0.1, 0.15) is 35.6 Å². The molecule has 6 nitrogen and oxygen atoms in total. The number of aromatic nitrogens is 2. The van der Waals surface area contributed by atoms with E-state index in [2.05, 4.69) is 20.6 Å². The van der Waals surface area contributed by atoms with Crippen molar-refractivity contribution < 1.29 is 4.79 Å². The second kappa shape index (κ2) is 6.33. The van der Waals surface area contributed by atoms with Crippen molar-refractivity contribution in [1.82, 2.24) is 9.97 Å². The number of pyridine rings is 1. The van der Waals surface area contributed by atoms with Gasteiger partial charge in [0.2, 0.25) is 5.56 Å². The molecule has 3 N–H and O–H groups in total. The number of benzene rings is 1. The quantitative estimate of drug-likeness (QED) is 0.658. The van der Waals surface area contributed by atoms with Crippen LogP contribution in [0.25, 0.3) is 10.9 Å². The fraction of sp³-hybridized carbons (Fsp3) is 0.278. The van der Waals surface area contributed by atoms with E-state index in [0.29, 0.717) is 22.3 Å². The highest BCUT2D eigenvalue weighted by Crippen LogP contribution is 2.39. The highest BCUT2D eigenvalue weighted by molar-refractivity contribution is 7.15. The van der Waals surface area contributed by atoms with Crippen LogP contribution in [0.3, 0.4) is 0 Å². The smallest absolute Gasteiger partial charge is 0.322 e. The van der Waals surface area contributed by atoms with Crippen molar-refractivity contribution >= 4 is 39.1 Å². The van der Waals surface area contributed by atoms with Crippen LogP contribution in [0.4, 0.5) is 15.6 Å². The van der Waals surface area contributed by atoms with Crippen LogP contribution >= 0.6 is 11.3 Å². The number of thiazole rings is 1. The van der Waals surface area contributed by atoms with Gasteiger partial charge in [0, 0.05) is 28.2 Å². The van der Waals surface area contributed by atoms with E-state index in [0.717, 1.165) is 10.9 Å². The molecule has 25 heavy (non-hydrogen) atoms. The van der Waals surface area contributed by atoms with Gasteiger partial charge in [-0.05, 0) is 43.4 Å². The molecule has 0 bridgehead atoms. The number of aryl methyl sites for hydroxylation is 1. The molecule has 2 amide bonds. The number of rotatable bonds is 3. The molecule has 2 aromatic heterocycles. The first-order valence-electron chi connectivity index (χ1n) is 8.26. The van der Waals surface area contributed by atoms with Gasteiger partial charge < -0.3 is 10.3 Å². The lowest BCUT2D eigenvalue weighted by atomic mass is 9.85. The summed E-state index contributed by atoms with van der Waals surface area (Å²) in [7, 11) is 0. The van der Waals surface area contributed by atoms with E-state index in [1.165, 1.54) is 35.5 Å². The van der Waals surface area contributed by atoms with E-state index in [9.17, 15) is 9.59 Å². The average molecular weight is 354 g/mol. The van der Waals surface area contributed by atoms with Gasteiger partial charge in [-0.3, -0.25) is 10.1 Å². The molecule has 1 aliphatic rings. The van der Waals surface area contributed by atoms with Crippen molar-refractivity contribution in [2.75, 3.05) is 10.6 Å². The molecular formula is C18H18N4O2S. The molecule has 0 atom stereocenters. The molecule has 0 unspecified atom stereocenters. The number of aromatic amines is 1. The largest absolute Gasteiger partial charge is 0.325 e. The van der Waals surface area contributed by atoms with Gasteiger partial charge in [-0.25, -0.2) is 9.78 Å². The Morgan fingerprint density at radius 3 is 2.88 bits per heavy atom. The predicted molar refractivity (Wildman–Crippen MR) is 101 cm³/mol. The molecule has 0 saturated heterocycles. The Labute approximate surface area is 148 Å². The van der Waals surface area contributed by atoms with Crippen LogP contribution in [0.5, 0.6) is 0 Å². The highest BCUT2D eigenvalue weighted by atomic mass is 32.1. The zero-order chi connectivity index (χ0) is 17.4. The van der Waals surface area contributed by atoms with Crippen LogP contribution in [0.15, 0.2) is 35.3 Å². The van der Waals surface area contributed by atoms with E-state index in [-0.39, 0.29) is 11.6 Å². The summed E-state index contributed by atoms with van der Waals surface area (Å²) in [5.74, 6) is 0.608. The third-order valence-corrected chi connectivity index (χ3v) is 5.63. The number of fused-ring (bicyclic) bond motifs is 1. The van der Waals surface area contributed by atoms with E-state index < -0.39 is 0 Å². The lowest BCUT2D eigenvalue weighted by Gasteiger charge is -2.23. The van der Waals surface area contributed by atoms with Gasteiger partial charge in [-0.2, -0.15) is 0 Å². The zero-order valence-corrected chi connectivity index (χ0v) is 14.6. The van der Waals surface area contributed by atoms with E-state index in [1.54, 1.807) is 12.1 Å². The van der Waals surface area contributed by atoms with Crippen molar-refractivity contribution in [3.8, 4) is 0 Å². The van der Waals surface area contributed by atoms with Crippen molar-refractivity contribution in [1.29, 1.82) is 0 Å². The van der Waals surface area contributed by atoms with Gasteiger partial charge in [0.15, 0.2) is 5.13 Å². The number of urea groups is 1. The third kappa shape index (κ3) is 3.28. The van der Waals surface area contributed by atoms with Crippen molar-refractivity contribution in [2.45, 2.75) is 32.1 Å². The third-order valence-electron chi connectivity index (χ3n) is 4.56. The number of hydrogen-bond acceptors (Lipinski definition) is 4. The second-order valence-electron chi connectivity index (χ2n) is 6.35. The summed E-state index contributed by atoms with van der Waals surface area (Å²) in [6, 6.07) is 6.67. The Kier molecular flexibility index (Phi) is 4.01. The summed E-state index contributed by atoms with van der Waals surface area (Å²) in [5, 5.41) is 7.11. The van der Waals surface area contributed by atoms with Crippen LogP contribution in [-0.2, 0) is 0 Å². The molecular weight excluding hydrogens is 336 g/mol. The number of amides is 2. The number of hydrogen-bond donors (Lipinski definition) is 3. The first-order chi connectivity index (χ1) is 12.1. The van der Waals surface area contributed by atoms with Crippen LogP contribution in [0, 0.1) is 6.92 Å². The molecule has 0 radical (unpaired) electrons. The summed E-state index contributed by atoms with van der Waals surface area (Å²) in [4.78, 5) is 32.1. The molecule has 1 fully saturated rings. The Balaban J connectivity index is 1.47. The molecule has 128 valence electrons. The van der Waals surface area contributed by atoms with Gasteiger partial charge in [0.25, 0.3) is 0 Å². The normalized spacial score (nSPS) is 14.3.